The van der Waals surface area contributed by atoms with Gasteiger partial charge in [0.15, 0.2) is 5.84 Å². The van der Waals surface area contributed by atoms with Crippen molar-refractivity contribution in [2.24, 2.45) is 4.99 Å². The van der Waals surface area contributed by atoms with E-state index in [2.05, 4.69) is 25.6 Å². The molecule has 1 aliphatic rings. The van der Waals surface area contributed by atoms with Crippen LogP contribution in [0.5, 0.6) is 0 Å². The Morgan fingerprint density at radius 2 is 2.16 bits per heavy atom. The minimum atomic E-state index is -0.249. The van der Waals surface area contributed by atoms with Crippen LogP contribution < -0.4 is 10.6 Å². The van der Waals surface area contributed by atoms with Crippen molar-refractivity contribution in [2.45, 2.75) is 12.8 Å². The van der Waals surface area contributed by atoms with Crippen molar-refractivity contribution in [2.75, 3.05) is 18.4 Å². The SMILES string of the molecule is O=C(Nc1nc2ccccc2[nH]1)C1=NCCCCN1. The van der Waals surface area contributed by atoms with Crippen LogP contribution in [0.25, 0.3) is 11.0 Å². The molecule has 0 atom stereocenters. The highest BCUT2D eigenvalue weighted by molar-refractivity contribution is 6.42. The first kappa shape index (κ1) is 11.7. The van der Waals surface area contributed by atoms with Crippen LogP contribution in [-0.2, 0) is 4.79 Å². The Morgan fingerprint density at radius 1 is 1.26 bits per heavy atom. The van der Waals surface area contributed by atoms with Crippen LogP contribution in [0.1, 0.15) is 12.8 Å². The first-order valence-electron chi connectivity index (χ1n) is 6.37. The minimum absolute atomic E-state index is 0.249. The van der Waals surface area contributed by atoms with Crippen LogP contribution in [0, 0.1) is 0 Å². The fourth-order valence-corrected chi connectivity index (χ4v) is 2.02. The Morgan fingerprint density at radius 3 is 3.05 bits per heavy atom. The van der Waals surface area contributed by atoms with Crippen molar-refractivity contribution in [3.05, 3.63) is 24.3 Å². The van der Waals surface area contributed by atoms with Gasteiger partial charge in [-0.05, 0) is 25.0 Å². The molecule has 0 unspecified atom stereocenters. The number of aromatic nitrogens is 2. The Labute approximate surface area is 110 Å². The summed E-state index contributed by atoms with van der Waals surface area (Å²) in [7, 11) is 0. The number of amidine groups is 1. The molecule has 0 fully saturated rings. The Balaban J connectivity index is 1.76. The maximum atomic E-state index is 12.0. The summed E-state index contributed by atoms with van der Waals surface area (Å²) in [5, 5.41) is 5.76. The summed E-state index contributed by atoms with van der Waals surface area (Å²) < 4.78 is 0. The van der Waals surface area contributed by atoms with Crippen LogP contribution in [0.2, 0.25) is 0 Å². The third-order valence-electron chi connectivity index (χ3n) is 2.98. The molecule has 3 N–H and O–H groups in total. The number of nitrogens with one attached hydrogen (secondary N) is 3. The van der Waals surface area contributed by atoms with Gasteiger partial charge in [0.05, 0.1) is 11.0 Å². The van der Waals surface area contributed by atoms with Crippen LogP contribution in [-0.4, -0.2) is 34.8 Å². The van der Waals surface area contributed by atoms with Gasteiger partial charge in [-0.15, -0.1) is 0 Å². The van der Waals surface area contributed by atoms with Crippen LogP contribution >= 0.6 is 0 Å². The van der Waals surface area contributed by atoms with Gasteiger partial charge in [0.25, 0.3) is 5.91 Å². The third kappa shape index (κ3) is 2.57. The molecule has 1 amide bonds. The molecule has 2 aromatic rings. The first-order valence-corrected chi connectivity index (χ1v) is 6.37. The number of anilines is 1. The molecular weight excluding hydrogens is 242 g/mol. The Bertz CT molecular complexity index is 598. The lowest BCUT2D eigenvalue weighted by Crippen LogP contribution is -2.35. The zero-order valence-electron chi connectivity index (χ0n) is 10.4. The van der Waals surface area contributed by atoms with Crippen molar-refractivity contribution >= 4 is 28.7 Å². The van der Waals surface area contributed by atoms with E-state index in [1.807, 2.05) is 24.3 Å². The molecule has 1 aliphatic heterocycles. The number of para-hydroxylation sites is 2. The molecule has 2 heterocycles. The largest absolute Gasteiger partial charge is 0.366 e. The molecule has 0 radical (unpaired) electrons. The number of nitrogens with zero attached hydrogens (tertiary/aromatic N) is 2. The van der Waals surface area contributed by atoms with E-state index in [-0.39, 0.29) is 5.91 Å². The van der Waals surface area contributed by atoms with E-state index in [9.17, 15) is 4.79 Å². The number of amides is 1. The molecular formula is C13H15N5O. The predicted octanol–water partition coefficient (Wildman–Crippen LogP) is 1.28. The molecule has 0 aliphatic carbocycles. The molecule has 1 aromatic heterocycles. The number of hydrogen-bond acceptors (Lipinski definition) is 4. The molecule has 0 bridgehead atoms. The minimum Gasteiger partial charge on any atom is -0.366 e. The van der Waals surface area contributed by atoms with Crippen LogP contribution in [0.15, 0.2) is 29.3 Å². The van der Waals surface area contributed by atoms with Crippen molar-refractivity contribution in [3.63, 3.8) is 0 Å². The Hall–Kier alpha value is -2.37. The number of aromatic amines is 1. The van der Waals surface area contributed by atoms with Gasteiger partial charge < -0.3 is 10.3 Å². The number of rotatable bonds is 2. The number of benzene rings is 1. The molecule has 0 saturated carbocycles. The van der Waals surface area contributed by atoms with Crippen LogP contribution in [0.3, 0.4) is 0 Å². The number of carbonyl (C=O) groups excluding carboxylic acids is 1. The maximum Gasteiger partial charge on any atom is 0.293 e. The van der Waals surface area contributed by atoms with E-state index in [0.717, 1.165) is 30.4 Å². The third-order valence-corrected chi connectivity index (χ3v) is 2.98. The summed E-state index contributed by atoms with van der Waals surface area (Å²) in [5.41, 5.74) is 1.72. The van der Waals surface area contributed by atoms with Crippen molar-refractivity contribution in [1.82, 2.24) is 15.3 Å². The molecule has 19 heavy (non-hydrogen) atoms. The zero-order valence-corrected chi connectivity index (χ0v) is 10.4. The van der Waals surface area contributed by atoms with Gasteiger partial charge in [-0.25, -0.2) is 4.98 Å². The predicted molar refractivity (Wildman–Crippen MR) is 74.3 cm³/mol. The lowest BCUT2D eigenvalue weighted by atomic mass is 10.3. The fraction of sp³-hybridized carbons (Fsp3) is 0.308. The average Bonchev–Trinajstić information content (AvgIpc) is 2.63. The van der Waals surface area contributed by atoms with Crippen molar-refractivity contribution in [1.29, 1.82) is 0 Å². The number of H-pyrrole nitrogens is 1. The number of hydrogen-bond donors (Lipinski definition) is 3. The van der Waals surface area contributed by atoms with E-state index in [1.54, 1.807) is 0 Å². The summed E-state index contributed by atoms with van der Waals surface area (Å²) in [5.74, 6) is 0.582. The molecule has 6 nitrogen and oxygen atoms in total. The summed E-state index contributed by atoms with van der Waals surface area (Å²) in [4.78, 5) is 23.6. The maximum absolute atomic E-state index is 12.0. The summed E-state index contributed by atoms with van der Waals surface area (Å²) in [6.07, 6.45) is 2.04. The van der Waals surface area contributed by atoms with Crippen LogP contribution in [0.4, 0.5) is 5.95 Å². The molecule has 98 valence electrons. The summed E-state index contributed by atoms with van der Waals surface area (Å²) in [6.45, 7) is 1.47. The standard InChI is InChI=1S/C13H15N5O/c19-12(11-14-7-3-4-8-15-11)18-13-16-9-5-1-2-6-10(9)17-13/h1-2,5-6H,3-4,7-8H2,(H,14,15)(H2,16,17,18,19). The zero-order chi connectivity index (χ0) is 13.1. The van der Waals surface area contributed by atoms with Crippen molar-refractivity contribution in [3.8, 4) is 0 Å². The molecule has 0 spiro atoms. The molecule has 0 saturated heterocycles. The smallest absolute Gasteiger partial charge is 0.293 e. The number of carbonyl (C=O) groups is 1. The molecule has 1 aromatic carbocycles. The fourth-order valence-electron chi connectivity index (χ4n) is 2.02. The van der Waals surface area contributed by atoms with E-state index in [1.165, 1.54) is 0 Å². The highest BCUT2D eigenvalue weighted by atomic mass is 16.2. The van der Waals surface area contributed by atoms with Gasteiger partial charge in [0.1, 0.15) is 0 Å². The average molecular weight is 257 g/mol. The second kappa shape index (κ2) is 5.09. The van der Waals surface area contributed by atoms with E-state index in [0.29, 0.717) is 18.3 Å². The van der Waals surface area contributed by atoms with Gasteiger partial charge in [-0.1, -0.05) is 12.1 Å². The number of aliphatic imine (C=N–C) groups is 1. The lowest BCUT2D eigenvalue weighted by Gasteiger charge is -2.05. The second-order valence-corrected chi connectivity index (χ2v) is 4.42. The first-order chi connectivity index (χ1) is 9.33. The Kier molecular flexibility index (Phi) is 3.14. The molecule has 3 rings (SSSR count). The van der Waals surface area contributed by atoms with Gasteiger partial charge in [0.2, 0.25) is 5.95 Å². The number of fused-ring (bicyclic) bond motifs is 1. The van der Waals surface area contributed by atoms with E-state index in [4.69, 9.17) is 0 Å². The number of imidazole rings is 1. The lowest BCUT2D eigenvalue weighted by molar-refractivity contribution is -0.110. The highest BCUT2D eigenvalue weighted by Gasteiger charge is 2.14. The molecule has 6 heteroatoms. The summed E-state index contributed by atoms with van der Waals surface area (Å²) in [6, 6.07) is 7.64. The van der Waals surface area contributed by atoms with Crippen molar-refractivity contribution < 1.29 is 4.79 Å². The monoisotopic (exact) mass is 257 g/mol. The normalized spacial score (nSPS) is 15.5. The summed E-state index contributed by atoms with van der Waals surface area (Å²) >= 11 is 0. The highest BCUT2D eigenvalue weighted by Crippen LogP contribution is 2.13. The van der Waals surface area contributed by atoms with Gasteiger partial charge in [-0.3, -0.25) is 15.1 Å². The van der Waals surface area contributed by atoms with E-state index < -0.39 is 0 Å². The van der Waals surface area contributed by atoms with Gasteiger partial charge in [0, 0.05) is 13.1 Å². The van der Waals surface area contributed by atoms with Gasteiger partial charge in [-0.2, -0.15) is 0 Å². The quantitative estimate of drug-likeness (QED) is 0.758. The van der Waals surface area contributed by atoms with E-state index >= 15 is 0 Å². The topological polar surface area (TPSA) is 82.2 Å². The second-order valence-electron chi connectivity index (χ2n) is 4.42. The van der Waals surface area contributed by atoms with Gasteiger partial charge >= 0.3 is 0 Å².